The molecule has 23 heavy (non-hydrogen) atoms. The van der Waals surface area contributed by atoms with Crippen LogP contribution in [0.5, 0.6) is 11.5 Å². The largest absolute Gasteiger partial charge is 0.497 e. The van der Waals surface area contributed by atoms with E-state index in [1.807, 2.05) is 6.07 Å². The van der Waals surface area contributed by atoms with E-state index in [1.165, 1.54) is 0 Å². The van der Waals surface area contributed by atoms with Crippen molar-refractivity contribution in [1.29, 1.82) is 0 Å². The topological polar surface area (TPSA) is 78.6 Å². The highest BCUT2D eigenvalue weighted by atomic mass is 16.5. The van der Waals surface area contributed by atoms with Gasteiger partial charge < -0.3 is 15.2 Å². The fraction of sp³-hybridized carbons (Fsp3) is 0.444. The molecule has 124 valence electrons. The summed E-state index contributed by atoms with van der Waals surface area (Å²) in [6.07, 6.45) is 5.10. The molecule has 0 heterocycles. The summed E-state index contributed by atoms with van der Waals surface area (Å²) in [5, 5.41) is 0. The smallest absolute Gasteiger partial charge is 0.314 e. The summed E-state index contributed by atoms with van der Waals surface area (Å²) in [7, 11) is 1.59. The summed E-state index contributed by atoms with van der Waals surface area (Å²) in [5.41, 5.74) is 6.20. The summed E-state index contributed by atoms with van der Waals surface area (Å²) in [6.45, 7) is 3.72. The van der Waals surface area contributed by atoms with Crippen molar-refractivity contribution in [2.24, 2.45) is 17.6 Å². The average molecular weight is 317 g/mol. The molecule has 1 amide bonds. The molecule has 0 aliphatic heterocycles. The van der Waals surface area contributed by atoms with E-state index in [9.17, 15) is 9.59 Å². The maximum atomic E-state index is 12.4. The van der Waals surface area contributed by atoms with Crippen LogP contribution in [0.3, 0.4) is 0 Å². The third-order valence-corrected chi connectivity index (χ3v) is 4.25. The summed E-state index contributed by atoms with van der Waals surface area (Å²) < 4.78 is 10.8. The second-order valence-corrected chi connectivity index (χ2v) is 5.85. The molecular formula is C18H23NO4. The van der Waals surface area contributed by atoms with Gasteiger partial charge in [-0.2, -0.15) is 0 Å². The van der Waals surface area contributed by atoms with E-state index in [-0.39, 0.29) is 23.7 Å². The highest BCUT2D eigenvalue weighted by Gasteiger charge is 2.31. The molecule has 0 aromatic heterocycles. The van der Waals surface area contributed by atoms with Crippen LogP contribution in [0.1, 0.15) is 31.2 Å². The maximum absolute atomic E-state index is 12.4. The van der Waals surface area contributed by atoms with Crippen LogP contribution in [0.2, 0.25) is 0 Å². The molecule has 0 radical (unpaired) electrons. The first-order chi connectivity index (χ1) is 11.0. The molecular weight excluding hydrogens is 294 g/mol. The van der Waals surface area contributed by atoms with Gasteiger partial charge in [0.2, 0.25) is 5.91 Å². The van der Waals surface area contributed by atoms with Gasteiger partial charge in [-0.1, -0.05) is 12.5 Å². The number of ether oxygens (including phenoxy) is 2. The van der Waals surface area contributed by atoms with Crippen LogP contribution in [0.15, 0.2) is 30.9 Å². The van der Waals surface area contributed by atoms with E-state index in [2.05, 4.69) is 6.58 Å². The number of carbonyl (C=O) groups is 2. The molecule has 5 nitrogen and oxygen atoms in total. The average Bonchev–Trinajstić information content (AvgIpc) is 2.56. The summed E-state index contributed by atoms with van der Waals surface area (Å²) in [6, 6.07) is 5.31. The third kappa shape index (κ3) is 4.34. The molecule has 0 bridgehead atoms. The quantitative estimate of drug-likeness (QED) is 0.497. The van der Waals surface area contributed by atoms with Gasteiger partial charge in [-0.05, 0) is 43.9 Å². The van der Waals surface area contributed by atoms with Crippen LogP contribution in [0.25, 0.3) is 0 Å². The number of methoxy groups -OCH3 is 1. The summed E-state index contributed by atoms with van der Waals surface area (Å²) in [5.74, 6) is 0.0699. The van der Waals surface area contributed by atoms with Crippen LogP contribution >= 0.6 is 0 Å². The van der Waals surface area contributed by atoms with Gasteiger partial charge in [0.05, 0.1) is 13.0 Å². The lowest BCUT2D eigenvalue weighted by Gasteiger charge is -2.25. The first-order valence-corrected chi connectivity index (χ1v) is 7.84. The van der Waals surface area contributed by atoms with Crippen LogP contribution in [-0.2, 0) is 16.0 Å². The number of benzene rings is 1. The zero-order chi connectivity index (χ0) is 16.8. The van der Waals surface area contributed by atoms with E-state index in [1.54, 1.807) is 25.3 Å². The highest BCUT2D eigenvalue weighted by molar-refractivity contribution is 5.80. The maximum Gasteiger partial charge on any atom is 0.314 e. The van der Waals surface area contributed by atoms with Crippen molar-refractivity contribution < 1.29 is 19.1 Å². The van der Waals surface area contributed by atoms with E-state index in [4.69, 9.17) is 15.2 Å². The van der Waals surface area contributed by atoms with E-state index < -0.39 is 0 Å². The molecule has 2 rings (SSSR count). The molecule has 1 aliphatic carbocycles. The fourth-order valence-corrected chi connectivity index (χ4v) is 2.95. The Kier molecular flexibility index (Phi) is 5.79. The van der Waals surface area contributed by atoms with Gasteiger partial charge in [-0.15, -0.1) is 6.58 Å². The van der Waals surface area contributed by atoms with E-state index >= 15 is 0 Å². The van der Waals surface area contributed by atoms with Gasteiger partial charge in [0.25, 0.3) is 0 Å². The van der Waals surface area contributed by atoms with E-state index in [0.29, 0.717) is 24.3 Å². The zero-order valence-electron chi connectivity index (χ0n) is 13.4. The predicted molar refractivity (Wildman–Crippen MR) is 87.2 cm³/mol. The van der Waals surface area contributed by atoms with Crippen molar-refractivity contribution >= 4 is 11.9 Å². The Hall–Kier alpha value is -2.30. The molecule has 2 atom stereocenters. The number of primary amides is 1. The van der Waals surface area contributed by atoms with Crippen molar-refractivity contribution in [3.63, 3.8) is 0 Å². The Balaban J connectivity index is 2.10. The van der Waals surface area contributed by atoms with Crippen LogP contribution in [-0.4, -0.2) is 19.0 Å². The Morgan fingerprint density at radius 1 is 1.35 bits per heavy atom. The first-order valence-electron chi connectivity index (χ1n) is 7.84. The Labute approximate surface area is 136 Å². The molecule has 2 unspecified atom stereocenters. The van der Waals surface area contributed by atoms with Gasteiger partial charge in [0.1, 0.15) is 11.5 Å². The molecule has 1 aliphatic rings. The Morgan fingerprint density at radius 3 is 2.74 bits per heavy atom. The van der Waals surface area contributed by atoms with Gasteiger partial charge in [0, 0.05) is 11.5 Å². The Bertz CT molecular complexity index is 597. The molecule has 1 aromatic rings. The lowest BCUT2D eigenvalue weighted by Crippen LogP contribution is -2.33. The molecule has 5 heteroatoms. The van der Waals surface area contributed by atoms with Gasteiger partial charge >= 0.3 is 5.97 Å². The minimum absolute atomic E-state index is 0.232. The lowest BCUT2D eigenvalue weighted by molar-refractivity contribution is -0.141. The van der Waals surface area contributed by atoms with Gasteiger partial charge in [-0.3, -0.25) is 9.59 Å². The van der Waals surface area contributed by atoms with Gasteiger partial charge in [0.15, 0.2) is 0 Å². The zero-order valence-corrected chi connectivity index (χ0v) is 13.4. The molecule has 2 N–H and O–H groups in total. The fourth-order valence-electron chi connectivity index (χ4n) is 2.95. The summed E-state index contributed by atoms with van der Waals surface area (Å²) >= 11 is 0. The molecule has 1 aromatic carbocycles. The highest BCUT2D eigenvalue weighted by Crippen LogP contribution is 2.31. The van der Waals surface area contributed by atoms with Crippen molar-refractivity contribution in [3.05, 3.63) is 36.4 Å². The van der Waals surface area contributed by atoms with Crippen LogP contribution in [0, 0.1) is 11.8 Å². The third-order valence-electron chi connectivity index (χ3n) is 4.25. The SMILES string of the molecule is C=CCc1cc(OC)ccc1OC(=O)C1CCCC(C(N)=O)C1. The summed E-state index contributed by atoms with van der Waals surface area (Å²) in [4.78, 5) is 23.8. The number of amides is 1. The first kappa shape index (κ1) is 17.1. The number of hydrogen-bond donors (Lipinski definition) is 1. The second kappa shape index (κ2) is 7.81. The molecule has 0 spiro atoms. The number of rotatable bonds is 6. The molecule has 1 fully saturated rings. The van der Waals surface area contributed by atoms with Gasteiger partial charge in [-0.25, -0.2) is 0 Å². The monoisotopic (exact) mass is 317 g/mol. The number of hydrogen-bond acceptors (Lipinski definition) is 4. The minimum Gasteiger partial charge on any atom is -0.497 e. The van der Waals surface area contributed by atoms with Crippen LogP contribution in [0.4, 0.5) is 0 Å². The number of nitrogens with two attached hydrogens (primary N) is 1. The number of carbonyl (C=O) groups excluding carboxylic acids is 2. The number of esters is 1. The van der Waals surface area contributed by atoms with Crippen molar-refractivity contribution in [1.82, 2.24) is 0 Å². The van der Waals surface area contributed by atoms with Crippen molar-refractivity contribution in [3.8, 4) is 11.5 Å². The molecule has 0 saturated heterocycles. The second-order valence-electron chi connectivity index (χ2n) is 5.85. The number of allylic oxidation sites excluding steroid dienone is 1. The predicted octanol–water partition coefficient (Wildman–Crippen LogP) is 2.62. The standard InChI is InChI=1S/C18H23NO4/c1-3-5-12-11-15(22-2)8-9-16(12)23-18(21)14-7-4-6-13(10-14)17(19)20/h3,8-9,11,13-14H,1,4-7,10H2,2H3,(H2,19,20). The lowest BCUT2D eigenvalue weighted by atomic mass is 9.81. The van der Waals surface area contributed by atoms with Crippen molar-refractivity contribution in [2.45, 2.75) is 32.1 Å². The molecule has 1 saturated carbocycles. The normalized spacial score (nSPS) is 20.6. The Morgan fingerprint density at radius 2 is 2.09 bits per heavy atom. The van der Waals surface area contributed by atoms with E-state index in [0.717, 1.165) is 24.8 Å². The minimum atomic E-state index is -0.334. The van der Waals surface area contributed by atoms with Crippen LogP contribution < -0.4 is 15.2 Å². The van der Waals surface area contributed by atoms with Crippen molar-refractivity contribution in [2.75, 3.05) is 7.11 Å².